The SMILES string of the molecule is COc1cc(NC(=O)c2ccc(N3C[C@@H](C)N[C@@H](C)C3)c3ccnnc23)cn2cc(C)nc12. The molecular weight excluding hydrogens is 418 g/mol. The van der Waals surface area contributed by atoms with Gasteiger partial charge in [-0.25, -0.2) is 4.98 Å². The zero-order valence-corrected chi connectivity index (χ0v) is 19.2. The van der Waals surface area contributed by atoms with Crippen LogP contribution in [0.25, 0.3) is 16.6 Å². The largest absolute Gasteiger partial charge is 0.493 e. The van der Waals surface area contributed by atoms with E-state index in [1.807, 2.05) is 41.9 Å². The summed E-state index contributed by atoms with van der Waals surface area (Å²) in [4.78, 5) is 20.1. The molecule has 1 fully saturated rings. The van der Waals surface area contributed by atoms with Gasteiger partial charge in [0.1, 0.15) is 5.52 Å². The van der Waals surface area contributed by atoms with E-state index in [1.54, 1.807) is 19.4 Å². The van der Waals surface area contributed by atoms with E-state index in [-0.39, 0.29) is 5.91 Å². The molecule has 0 unspecified atom stereocenters. The van der Waals surface area contributed by atoms with Crippen LogP contribution in [0.4, 0.5) is 11.4 Å². The molecule has 3 aromatic heterocycles. The van der Waals surface area contributed by atoms with Crippen molar-refractivity contribution in [3.63, 3.8) is 0 Å². The van der Waals surface area contributed by atoms with Crippen molar-refractivity contribution in [2.45, 2.75) is 32.9 Å². The fourth-order valence-electron chi connectivity index (χ4n) is 4.66. The van der Waals surface area contributed by atoms with Gasteiger partial charge in [0.05, 0.1) is 30.3 Å². The van der Waals surface area contributed by atoms with Crippen LogP contribution in [-0.2, 0) is 0 Å². The van der Waals surface area contributed by atoms with Crippen molar-refractivity contribution in [3.8, 4) is 5.75 Å². The highest BCUT2D eigenvalue weighted by Gasteiger charge is 2.24. The molecule has 170 valence electrons. The first kappa shape index (κ1) is 21.1. The smallest absolute Gasteiger partial charge is 0.257 e. The Balaban J connectivity index is 1.50. The Bertz CT molecular complexity index is 1340. The van der Waals surface area contributed by atoms with Crippen LogP contribution in [0.1, 0.15) is 29.9 Å². The molecule has 1 amide bonds. The molecule has 4 heterocycles. The van der Waals surface area contributed by atoms with Crippen molar-refractivity contribution in [2.24, 2.45) is 0 Å². The Hall–Kier alpha value is -3.72. The van der Waals surface area contributed by atoms with Crippen LogP contribution >= 0.6 is 0 Å². The van der Waals surface area contributed by atoms with Crippen molar-refractivity contribution in [3.05, 3.63) is 54.1 Å². The van der Waals surface area contributed by atoms with Gasteiger partial charge in [0, 0.05) is 54.7 Å². The average Bonchev–Trinajstić information content (AvgIpc) is 3.17. The first-order chi connectivity index (χ1) is 15.9. The highest BCUT2D eigenvalue weighted by atomic mass is 16.5. The second-order valence-electron chi connectivity index (χ2n) is 8.66. The van der Waals surface area contributed by atoms with Gasteiger partial charge in [0.15, 0.2) is 11.4 Å². The Kier molecular flexibility index (Phi) is 5.33. The lowest BCUT2D eigenvalue weighted by Crippen LogP contribution is -2.54. The first-order valence-corrected chi connectivity index (χ1v) is 11.0. The number of carbonyl (C=O) groups is 1. The predicted octanol–water partition coefficient (Wildman–Crippen LogP) is 3.03. The number of hydrogen-bond acceptors (Lipinski definition) is 7. The van der Waals surface area contributed by atoms with Gasteiger partial charge in [0.25, 0.3) is 5.91 Å². The molecule has 5 rings (SSSR count). The van der Waals surface area contributed by atoms with E-state index in [4.69, 9.17) is 4.74 Å². The lowest BCUT2D eigenvalue weighted by atomic mass is 10.0. The summed E-state index contributed by atoms with van der Waals surface area (Å²) in [6.07, 6.45) is 5.38. The Morgan fingerprint density at radius 1 is 1.18 bits per heavy atom. The van der Waals surface area contributed by atoms with Crippen molar-refractivity contribution >= 4 is 33.8 Å². The van der Waals surface area contributed by atoms with Gasteiger partial charge in [-0.2, -0.15) is 5.10 Å². The summed E-state index contributed by atoms with van der Waals surface area (Å²) in [5.74, 6) is 0.329. The molecule has 9 heteroatoms. The number of pyridine rings is 1. The van der Waals surface area contributed by atoms with Crippen molar-refractivity contribution in [2.75, 3.05) is 30.4 Å². The molecule has 2 N–H and O–H groups in total. The molecule has 0 bridgehead atoms. The molecule has 1 aliphatic rings. The van der Waals surface area contributed by atoms with E-state index in [0.29, 0.717) is 40.2 Å². The fourth-order valence-corrected chi connectivity index (χ4v) is 4.66. The number of fused-ring (bicyclic) bond motifs is 2. The predicted molar refractivity (Wildman–Crippen MR) is 128 cm³/mol. The number of anilines is 2. The van der Waals surface area contributed by atoms with E-state index >= 15 is 0 Å². The van der Waals surface area contributed by atoms with Crippen LogP contribution in [0.5, 0.6) is 5.75 Å². The van der Waals surface area contributed by atoms with Crippen molar-refractivity contribution in [1.82, 2.24) is 24.9 Å². The summed E-state index contributed by atoms with van der Waals surface area (Å²) in [5, 5.41) is 15.8. The quantitative estimate of drug-likeness (QED) is 0.498. The minimum atomic E-state index is -0.257. The van der Waals surface area contributed by atoms with Crippen LogP contribution in [0.2, 0.25) is 0 Å². The second kappa shape index (κ2) is 8.32. The molecule has 0 saturated carbocycles. The molecule has 4 aromatic rings. The Morgan fingerprint density at radius 3 is 2.73 bits per heavy atom. The molecule has 33 heavy (non-hydrogen) atoms. The fraction of sp³-hybridized carbons (Fsp3) is 0.333. The Labute approximate surface area is 191 Å². The van der Waals surface area contributed by atoms with Crippen LogP contribution in [-0.4, -0.2) is 57.8 Å². The Morgan fingerprint density at radius 2 is 1.97 bits per heavy atom. The summed E-state index contributed by atoms with van der Waals surface area (Å²) < 4.78 is 7.32. The standard InChI is InChI=1S/C24H27N7O2/c1-14-10-30(11-15(2)26-14)20-6-5-19(22-18(20)7-8-25-29-22)24(32)28-17-9-21(33-4)23-27-16(3)12-31(23)13-17/h5-9,12-15,26H,10-11H2,1-4H3,(H,28,32)/t14-,15+. The maximum Gasteiger partial charge on any atom is 0.257 e. The zero-order valence-electron chi connectivity index (χ0n) is 19.2. The third kappa shape index (κ3) is 3.95. The minimum absolute atomic E-state index is 0.257. The highest BCUT2D eigenvalue weighted by molar-refractivity contribution is 6.13. The lowest BCUT2D eigenvalue weighted by Gasteiger charge is -2.38. The van der Waals surface area contributed by atoms with E-state index < -0.39 is 0 Å². The molecule has 1 aliphatic heterocycles. The van der Waals surface area contributed by atoms with Gasteiger partial charge in [-0.15, -0.1) is 5.10 Å². The number of amides is 1. The molecule has 1 aromatic carbocycles. The number of methoxy groups -OCH3 is 1. The maximum atomic E-state index is 13.3. The number of benzene rings is 1. The summed E-state index contributed by atoms with van der Waals surface area (Å²) in [6, 6.07) is 8.28. The first-order valence-electron chi connectivity index (χ1n) is 11.0. The van der Waals surface area contributed by atoms with Gasteiger partial charge in [-0.1, -0.05) is 0 Å². The number of aromatic nitrogens is 4. The number of imidazole rings is 1. The summed E-state index contributed by atoms with van der Waals surface area (Å²) >= 11 is 0. The number of carbonyl (C=O) groups excluding carboxylic acids is 1. The number of rotatable bonds is 4. The second-order valence-corrected chi connectivity index (χ2v) is 8.66. The third-order valence-electron chi connectivity index (χ3n) is 5.92. The van der Waals surface area contributed by atoms with Crippen LogP contribution < -0.4 is 20.3 Å². The van der Waals surface area contributed by atoms with Gasteiger partial charge in [0.2, 0.25) is 0 Å². The van der Waals surface area contributed by atoms with E-state index in [2.05, 4.69) is 44.6 Å². The monoisotopic (exact) mass is 445 g/mol. The number of nitrogens with one attached hydrogen (secondary N) is 2. The topological polar surface area (TPSA) is 96.7 Å². The van der Waals surface area contributed by atoms with Crippen LogP contribution in [0.15, 0.2) is 42.9 Å². The number of aryl methyl sites for hydroxylation is 1. The van der Waals surface area contributed by atoms with Crippen LogP contribution in [0.3, 0.4) is 0 Å². The molecule has 1 saturated heterocycles. The van der Waals surface area contributed by atoms with E-state index in [0.717, 1.165) is 29.9 Å². The number of hydrogen-bond donors (Lipinski definition) is 2. The number of nitrogens with zero attached hydrogens (tertiary/aromatic N) is 5. The lowest BCUT2D eigenvalue weighted by molar-refractivity contribution is 0.102. The van der Waals surface area contributed by atoms with Gasteiger partial charge < -0.3 is 24.7 Å². The van der Waals surface area contributed by atoms with Gasteiger partial charge >= 0.3 is 0 Å². The number of piperazine rings is 1. The zero-order chi connectivity index (χ0) is 23.1. The van der Waals surface area contributed by atoms with Gasteiger partial charge in [-0.05, 0) is 39.0 Å². The van der Waals surface area contributed by atoms with Crippen molar-refractivity contribution in [1.29, 1.82) is 0 Å². The summed E-state index contributed by atoms with van der Waals surface area (Å²) in [7, 11) is 1.59. The molecule has 9 nitrogen and oxygen atoms in total. The van der Waals surface area contributed by atoms with E-state index in [9.17, 15) is 4.79 Å². The summed E-state index contributed by atoms with van der Waals surface area (Å²) in [5.41, 5.74) is 4.29. The molecule has 0 radical (unpaired) electrons. The average molecular weight is 446 g/mol. The van der Waals surface area contributed by atoms with Crippen molar-refractivity contribution < 1.29 is 9.53 Å². The third-order valence-corrected chi connectivity index (χ3v) is 5.92. The normalized spacial score (nSPS) is 18.6. The molecule has 0 aliphatic carbocycles. The number of ether oxygens (including phenoxy) is 1. The highest BCUT2D eigenvalue weighted by Crippen LogP contribution is 2.30. The van der Waals surface area contributed by atoms with Gasteiger partial charge in [-0.3, -0.25) is 4.79 Å². The molecule has 0 spiro atoms. The minimum Gasteiger partial charge on any atom is -0.493 e. The molecule has 2 atom stereocenters. The van der Waals surface area contributed by atoms with Crippen LogP contribution in [0, 0.1) is 6.92 Å². The molecular formula is C24H27N7O2. The maximum absolute atomic E-state index is 13.3. The summed E-state index contributed by atoms with van der Waals surface area (Å²) in [6.45, 7) is 8.05. The van der Waals surface area contributed by atoms with E-state index in [1.165, 1.54) is 0 Å².